The number of ether oxygens (including phenoxy) is 2. The van der Waals surface area contributed by atoms with E-state index in [9.17, 15) is 9.59 Å². The van der Waals surface area contributed by atoms with Gasteiger partial charge < -0.3 is 20.1 Å². The van der Waals surface area contributed by atoms with Gasteiger partial charge >= 0.3 is 0 Å². The third-order valence-electron chi connectivity index (χ3n) is 4.56. The molecule has 154 valence electrons. The summed E-state index contributed by atoms with van der Waals surface area (Å²) in [5, 5.41) is 7.38. The van der Waals surface area contributed by atoms with E-state index in [1.807, 2.05) is 12.1 Å². The summed E-state index contributed by atoms with van der Waals surface area (Å²) in [5.74, 6) is 1.40. The predicted molar refractivity (Wildman–Crippen MR) is 117 cm³/mol. The van der Waals surface area contributed by atoms with Crippen LogP contribution in [0.4, 0.5) is 11.4 Å². The van der Waals surface area contributed by atoms with Crippen molar-refractivity contribution >= 4 is 45.9 Å². The zero-order chi connectivity index (χ0) is 21.1. The predicted octanol–water partition coefficient (Wildman–Crippen LogP) is 4.22. The fraction of sp³-hybridized carbons (Fsp3) is 0.227. The average molecular weight is 423 g/mol. The highest BCUT2D eigenvalue weighted by molar-refractivity contribution is 8.00. The first-order valence-corrected chi connectivity index (χ1v) is 10.5. The van der Waals surface area contributed by atoms with Crippen LogP contribution in [-0.4, -0.2) is 29.3 Å². The Morgan fingerprint density at radius 2 is 1.70 bits per heavy atom. The lowest BCUT2D eigenvalue weighted by molar-refractivity contribution is -0.114. The summed E-state index contributed by atoms with van der Waals surface area (Å²) in [5.41, 5.74) is 3.25. The molecule has 0 unspecified atom stereocenters. The minimum absolute atomic E-state index is 0.123. The molecule has 0 aliphatic carbocycles. The number of nitrogens with one attached hydrogen (secondary N) is 2. The van der Waals surface area contributed by atoms with Gasteiger partial charge in [0.05, 0.1) is 11.3 Å². The van der Waals surface area contributed by atoms with Crippen molar-refractivity contribution < 1.29 is 19.1 Å². The number of carbonyl (C=O) groups is 2. The maximum atomic E-state index is 12.4. The van der Waals surface area contributed by atoms with Gasteiger partial charge in [0, 0.05) is 29.8 Å². The van der Waals surface area contributed by atoms with Gasteiger partial charge in [-0.05, 0) is 48.4 Å². The Kier molecular flexibility index (Phi) is 5.76. The smallest absolute Gasteiger partial charge is 0.234 e. The standard InChI is InChI=1S/C22H21N3O4S/c1-3-14-8-15-9-19-20(29-12-28-19)10-18(15)25-22(14)30-11-21(27)24-17-6-4-16(5-7-17)23-13(2)26/h4-10H,3,11-12H2,1-2H3,(H,23,26)(H,24,27). The van der Waals surface area contributed by atoms with Crippen molar-refractivity contribution in [2.24, 2.45) is 0 Å². The van der Waals surface area contributed by atoms with Crippen molar-refractivity contribution in [1.29, 1.82) is 0 Å². The van der Waals surface area contributed by atoms with Crippen molar-refractivity contribution in [3.8, 4) is 11.5 Å². The number of amides is 2. The molecular weight excluding hydrogens is 402 g/mol. The van der Waals surface area contributed by atoms with E-state index < -0.39 is 0 Å². The molecule has 7 nitrogen and oxygen atoms in total. The molecule has 2 aromatic carbocycles. The van der Waals surface area contributed by atoms with E-state index in [4.69, 9.17) is 14.5 Å². The fourth-order valence-electron chi connectivity index (χ4n) is 3.14. The Hall–Kier alpha value is -3.26. The molecule has 1 aliphatic rings. The molecule has 3 aromatic rings. The Morgan fingerprint density at radius 1 is 1.03 bits per heavy atom. The van der Waals surface area contributed by atoms with Gasteiger partial charge in [-0.3, -0.25) is 9.59 Å². The molecule has 4 rings (SSSR count). The first-order chi connectivity index (χ1) is 14.5. The summed E-state index contributed by atoms with van der Waals surface area (Å²) >= 11 is 1.41. The maximum absolute atomic E-state index is 12.4. The minimum atomic E-state index is -0.137. The molecule has 0 saturated heterocycles. The van der Waals surface area contributed by atoms with Crippen molar-refractivity contribution in [1.82, 2.24) is 4.98 Å². The quantitative estimate of drug-likeness (QED) is 0.577. The number of pyridine rings is 1. The van der Waals surface area contributed by atoms with Crippen LogP contribution in [0.15, 0.2) is 47.5 Å². The van der Waals surface area contributed by atoms with Gasteiger partial charge in [0.15, 0.2) is 11.5 Å². The number of hydrogen-bond donors (Lipinski definition) is 2. The Balaban J connectivity index is 1.44. The first-order valence-electron chi connectivity index (χ1n) is 9.55. The normalized spacial score (nSPS) is 12.1. The summed E-state index contributed by atoms with van der Waals surface area (Å²) in [6.45, 7) is 3.74. The molecule has 2 amide bonds. The number of carbonyl (C=O) groups excluding carboxylic acids is 2. The van der Waals surface area contributed by atoms with E-state index in [0.29, 0.717) is 17.1 Å². The van der Waals surface area contributed by atoms with Crippen LogP contribution < -0.4 is 20.1 Å². The maximum Gasteiger partial charge on any atom is 0.234 e. The summed E-state index contributed by atoms with van der Waals surface area (Å²) in [6.07, 6.45) is 0.811. The van der Waals surface area contributed by atoms with Crippen LogP contribution in [-0.2, 0) is 16.0 Å². The Morgan fingerprint density at radius 3 is 2.37 bits per heavy atom. The van der Waals surface area contributed by atoms with Crippen LogP contribution in [0.1, 0.15) is 19.4 Å². The second kappa shape index (κ2) is 8.62. The van der Waals surface area contributed by atoms with E-state index in [1.54, 1.807) is 24.3 Å². The average Bonchev–Trinajstić information content (AvgIpc) is 3.18. The van der Waals surface area contributed by atoms with Crippen molar-refractivity contribution in [2.45, 2.75) is 25.3 Å². The molecular formula is C22H21N3O4S. The summed E-state index contributed by atoms with van der Waals surface area (Å²) < 4.78 is 10.9. The molecule has 0 radical (unpaired) electrons. The molecule has 0 fully saturated rings. The molecule has 0 spiro atoms. The van der Waals surface area contributed by atoms with Crippen molar-refractivity contribution in [3.63, 3.8) is 0 Å². The van der Waals surface area contributed by atoms with Crippen LogP contribution >= 0.6 is 11.8 Å². The number of hydrogen-bond acceptors (Lipinski definition) is 6. The number of aryl methyl sites for hydroxylation is 1. The van der Waals surface area contributed by atoms with Crippen LogP contribution in [0.5, 0.6) is 11.5 Å². The molecule has 0 bridgehead atoms. The fourth-order valence-corrected chi connectivity index (χ4v) is 4.03. The minimum Gasteiger partial charge on any atom is -0.454 e. The Labute approximate surface area is 178 Å². The molecule has 8 heteroatoms. The van der Waals surface area contributed by atoms with E-state index >= 15 is 0 Å². The molecule has 30 heavy (non-hydrogen) atoms. The number of anilines is 2. The molecule has 0 atom stereocenters. The van der Waals surface area contributed by atoms with Gasteiger partial charge in [-0.15, -0.1) is 0 Å². The highest BCUT2D eigenvalue weighted by Crippen LogP contribution is 2.37. The van der Waals surface area contributed by atoms with Gasteiger partial charge in [-0.2, -0.15) is 0 Å². The largest absolute Gasteiger partial charge is 0.454 e. The highest BCUT2D eigenvalue weighted by atomic mass is 32.2. The number of thioether (sulfide) groups is 1. The van der Waals surface area contributed by atoms with Gasteiger partial charge in [0.2, 0.25) is 18.6 Å². The zero-order valence-electron chi connectivity index (χ0n) is 16.7. The topological polar surface area (TPSA) is 89.6 Å². The van der Waals surface area contributed by atoms with E-state index in [1.165, 1.54) is 18.7 Å². The second-order valence-corrected chi connectivity index (χ2v) is 7.76. The summed E-state index contributed by atoms with van der Waals surface area (Å²) in [7, 11) is 0. The highest BCUT2D eigenvalue weighted by Gasteiger charge is 2.17. The molecule has 0 saturated carbocycles. The van der Waals surface area contributed by atoms with Crippen LogP contribution in [0, 0.1) is 0 Å². The lowest BCUT2D eigenvalue weighted by Crippen LogP contribution is -2.14. The molecule has 2 N–H and O–H groups in total. The monoisotopic (exact) mass is 423 g/mol. The van der Waals surface area contributed by atoms with Crippen LogP contribution in [0.25, 0.3) is 10.9 Å². The third kappa shape index (κ3) is 4.49. The molecule has 2 heterocycles. The van der Waals surface area contributed by atoms with E-state index in [2.05, 4.69) is 23.6 Å². The zero-order valence-corrected chi connectivity index (χ0v) is 17.5. The van der Waals surface area contributed by atoms with E-state index in [-0.39, 0.29) is 24.4 Å². The number of fused-ring (bicyclic) bond motifs is 2. The summed E-state index contributed by atoms with van der Waals surface area (Å²) in [4.78, 5) is 28.2. The Bertz CT molecular complexity index is 1120. The van der Waals surface area contributed by atoms with Gasteiger partial charge in [0.1, 0.15) is 5.03 Å². The number of aromatic nitrogens is 1. The van der Waals surface area contributed by atoms with Crippen LogP contribution in [0.2, 0.25) is 0 Å². The first kappa shape index (κ1) is 20.0. The molecule has 1 aromatic heterocycles. The van der Waals surface area contributed by atoms with Gasteiger partial charge in [0.25, 0.3) is 0 Å². The number of nitrogens with zero attached hydrogens (tertiary/aromatic N) is 1. The van der Waals surface area contributed by atoms with Crippen molar-refractivity contribution in [2.75, 3.05) is 23.2 Å². The van der Waals surface area contributed by atoms with Crippen molar-refractivity contribution in [3.05, 3.63) is 48.0 Å². The third-order valence-corrected chi connectivity index (χ3v) is 5.59. The SMILES string of the molecule is CCc1cc2cc3c(cc2nc1SCC(=O)Nc1ccc(NC(C)=O)cc1)OCO3. The number of benzene rings is 2. The molecule has 1 aliphatic heterocycles. The van der Waals surface area contributed by atoms with E-state index in [0.717, 1.165) is 33.7 Å². The number of rotatable bonds is 6. The van der Waals surface area contributed by atoms with Gasteiger partial charge in [-0.25, -0.2) is 4.98 Å². The van der Waals surface area contributed by atoms with Gasteiger partial charge in [-0.1, -0.05) is 18.7 Å². The van der Waals surface area contributed by atoms with Crippen LogP contribution in [0.3, 0.4) is 0 Å². The second-order valence-electron chi connectivity index (χ2n) is 6.80. The lowest BCUT2D eigenvalue weighted by Gasteiger charge is -2.10. The lowest BCUT2D eigenvalue weighted by atomic mass is 10.1. The summed E-state index contributed by atoms with van der Waals surface area (Å²) in [6, 6.07) is 12.9.